The van der Waals surface area contributed by atoms with Gasteiger partial charge < -0.3 is 0 Å². The van der Waals surface area contributed by atoms with Crippen LogP contribution in [0, 0.1) is 24.8 Å². The van der Waals surface area contributed by atoms with E-state index in [0.717, 1.165) is 9.87 Å². The molecule has 0 spiro atoms. The number of hydrogen-bond donors (Lipinski definition) is 0. The van der Waals surface area contributed by atoms with Crippen LogP contribution in [0.2, 0.25) is 0 Å². The monoisotopic (exact) mass is 291 g/mol. The summed E-state index contributed by atoms with van der Waals surface area (Å²) in [6.45, 7) is 9.77. The van der Waals surface area contributed by atoms with E-state index in [0.29, 0.717) is 6.42 Å². The van der Waals surface area contributed by atoms with Crippen LogP contribution < -0.4 is 0 Å². The van der Waals surface area contributed by atoms with E-state index in [9.17, 15) is 8.42 Å². The van der Waals surface area contributed by atoms with Crippen LogP contribution in [0.15, 0.2) is 41.8 Å². The van der Waals surface area contributed by atoms with Crippen LogP contribution in [0.4, 0.5) is 0 Å². The van der Waals surface area contributed by atoms with E-state index in [2.05, 4.69) is 12.6 Å². The van der Waals surface area contributed by atoms with Gasteiger partial charge in [-0.15, -0.1) is 6.58 Å². The summed E-state index contributed by atoms with van der Waals surface area (Å²) in [4.78, 5) is 0.218. The molecule has 1 aromatic rings. The molecule has 0 radical (unpaired) electrons. The number of terminal acetylenes is 1. The second-order valence-electron chi connectivity index (χ2n) is 5.61. The molecule has 108 valence electrons. The fraction of sp³-hybridized carbons (Fsp3) is 0.375. The zero-order valence-electron chi connectivity index (χ0n) is 12.3. The molecular formula is C16H21NO2S. The molecule has 20 heavy (non-hydrogen) atoms. The topological polar surface area (TPSA) is 37.4 Å². The van der Waals surface area contributed by atoms with Crippen LogP contribution in [0.5, 0.6) is 0 Å². The lowest BCUT2D eigenvalue weighted by Gasteiger charge is -2.29. The Morgan fingerprint density at radius 3 is 2.35 bits per heavy atom. The standard InChI is InChI=1S/C16H21NO2S/c1-6-12-16(4,5)13-17(7-2)20(18,19)15-10-8-14(3)9-11-15/h2,6,8-11H,1,12-13H2,3-5H3. The smallest absolute Gasteiger partial charge is 0.224 e. The maximum atomic E-state index is 12.5. The van der Waals surface area contributed by atoms with Gasteiger partial charge in [-0.1, -0.05) is 44.0 Å². The second-order valence-corrected chi connectivity index (χ2v) is 7.47. The molecule has 0 atom stereocenters. The first kappa shape index (κ1) is 16.3. The normalized spacial score (nSPS) is 11.7. The van der Waals surface area contributed by atoms with Gasteiger partial charge in [0.2, 0.25) is 0 Å². The fourth-order valence-corrected chi connectivity index (χ4v) is 3.27. The number of sulfonamides is 1. The van der Waals surface area contributed by atoms with E-state index in [1.165, 1.54) is 0 Å². The van der Waals surface area contributed by atoms with Crippen LogP contribution in [0.1, 0.15) is 25.8 Å². The van der Waals surface area contributed by atoms with Gasteiger partial charge in [0.05, 0.1) is 4.90 Å². The summed E-state index contributed by atoms with van der Waals surface area (Å²) in [7, 11) is -3.66. The van der Waals surface area contributed by atoms with Gasteiger partial charge in [0.1, 0.15) is 0 Å². The molecule has 0 unspecified atom stereocenters. The number of aryl methyl sites for hydroxylation is 1. The highest BCUT2D eigenvalue weighted by molar-refractivity contribution is 7.89. The average molecular weight is 291 g/mol. The van der Waals surface area contributed by atoms with Gasteiger partial charge in [-0.05, 0) is 30.9 Å². The quantitative estimate of drug-likeness (QED) is 0.458. The zero-order chi connectivity index (χ0) is 15.4. The molecule has 0 saturated carbocycles. The van der Waals surface area contributed by atoms with E-state index in [1.807, 2.05) is 20.8 Å². The summed E-state index contributed by atoms with van der Waals surface area (Å²) in [5.74, 6) is 0. The highest BCUT2D eigenvalue weighted by Gasteiger charge is 2.28. The van der Waals surface area contributed by atoms with Crippen molar-refractivity contribution < 1.29 is 8.42 Å². The minimum absolute atomic E-state index is 0.218. The fourth-order valence-electron chi connectivity index (χ4n) is 1.88. The first-order valence-electron chi connectivity index (χ1n) is 6.39. The Morgan fingerprint density at radius 2 is 1.90 bits per heavy atom. The largest absolute Gasteiger partial charge is 0.270 e. The van der Waals surface area contributed by atoms with Crippen LogP contribution in [-0.4, -0.2) is 19.3 Å². The Labute approximate surface area is 122 Å². The average Bonchev–Trinajstić information content (AvgIpc) is 2.36. The Kier molecular flexibility index (Phi) is 5.02. The molecule has 4 heteroatoms. The van der Waals surface area contributed by atoms with E-state index >= 15 is 0 Å². The predicted octanol–water partition coefficient (Wildman–Crippen LogP) is 3.18. The lowest BCUT2D eigenvalue weighted by Crippen LogP contribution is -2.35. The molecule has 0 aromatic heterocycles. The summed E-state index contributed by atoms with van der Waals surface area (Å²) >= 11 is 0. The molecule has 0 aliphatic rings. The Morgan fingerprint density at radius 1 is 1.35 bits per heavy atom. The van der Waals surface area contributed by atoms with Gasteiger partial charge in [-0.3, -0.25) is 0 Å². The maximum absolute atomic E-state index is 12.5. The van der Waals surface area contributed by atoms with Crippen molar-refractivity contribution in [1.29, 1.82) is 0 Å². The molecule has 1 aromatic carbocycles. The van der Waals surface area contributed by atoms with E-state index in [4.69, 9.17) is 6.42 Å². The number of rotatable bonds is 6. The third kappa shape index (κ3) is 3.88. The summed E-state index contributed by atoms with van der Waals surface area (Å²) in [6.07, 6.45) is 7.86. The molecular weight excluding hydrogens is 270 g/mol. The van der Waals surface area contributed by atoms with Gasteiger partial charge in [0, 0.05) is 12.6 Å². The summed E-state index contributed by atoms with van der Waals surface area (Å²) in [5.41, 5.74) is 0.745. The van der Waals surface area contributed by atoms with Crippen molar-refractivity contribution in [1.82, 2.24) is 4.31 Å². The lowest BCUT2D eigenvalue weighted by molar-refractivity contribution is 0.307. The van der Waals surface area contributed by atoms with Crippen LogP contribution in [0.25, 0.3) is 0 Å². The van der Waals surface area contributed by atoms with Gasteiger partial charge in [0.15, 0.2) is 0 Å². The number of allylic oxidation sites excluding steroid dienone is 1. The molecule has 0 amide bonds. The highest BCUT2D eigenvalue weighted by atomic mass is 32.2. The van der Waals surface area contributed by atoms with Gasteiger partial charge in [0.25, 0.3) is 10.0 Å². The third-order valence-corrected chi connectivity index (χ3v) is 4.70. The van der Waals surface area contributed by atoms with Crippen molar-refractivity contribution in [2.45, 2.75) is 32.1 Å². The van der Waals surface area contributed by atoms with Crippen molar-refractivity contribution in [3.63, 3.8) is 0 Å². The van der Waals surface area contributed by atoms with Crippen molar-refractivity contribution in [2.75, 3.05) is 6.54 Å². The molecule has 0 bridgehead atoms. The number of benzene rings is 1. The SMILES string of the molecule is C#CN(CC(C)(C)CC=C)S(=O)(=O)c1ccc(C)cc1. The first-order valence-corrected chi connectivity index (χ1v) is 7.83. The van der Waals surface area contributed by atoms with Gasteiger partial charge >= 0.3 is 0 Å². The third-order valence-electron chi connectivity index (χ3n) is 3.02. The summed E-state index contributed by atoms with van der Waals surface area (Å²) in [5, 5.41) is 0. The minimum Gasteiger partial charge on any atom is -0.224 e. The van der Waals surface area contributed by atoms with E-state index in [-0.39, 0.29) is 16.9 Å². The molecule has 0 N–H and O–H groups in total. The van der Waals surface area contributed by atoms with Crippen molar-refractivity contribution >= 4 is 10.0 Å². The van der Waals surface area contributed by atoms with Crippen LogP contribution in [-0.2, 0) is 10.0 Å². The number of hydrogen-bond acceptors (Lipinski definition) is 2. The number of nitrogens with zero attached hydrogens (tertiary/aromatic N) is 1. The summed E-state index contributed by atoms with van der Waals surface area (Å²) in [6, 6.07) is 8.96. The Balaban J connectivity index is 3.08. The first-order chi connectivity index (χ1) is 9.23. The molecule has 0 saturated heterocycles. The van der Waals surface area contributed by atoms with E-state index in [1.54, 1.807) is 30.3 Å². The minimum atomic E-state index is -3.66. The van der Waals surface area contributed by atoms with Crippen molar-refractivity contribution in [3.8, 4) is 12.5 Å². The second kappa shape index (κ2) is 6.15. The predicted molar refractivity (Wildman–Crippen MR) is 82.5 cm³/mol. The molecule has 0 heterocycles. The maximum Gasteiger partial charge on any atom is 0.270 e. The molecule has 0 aliphatic heterocycles. The van der Waals surface area contributed by atoms with Crippen LogP contribution in [0.3, 0.4) is 0 Å². The molecule has 0 fully saturated rings. The van der Waals surface area contributed by atoms with Gasteiger partial charge in [-0.2, -0.15) is 0 Å². The van der Waals surface area contributed by atoms with E-state index < -0.39 is 10.0 Å². The van der Waals surface area contributed by atoms with Crippen molar-refractivity contribution in [3.05, 3.63) is 42.5 Å². The lowest BCUT2D eigenvalue weighted by atomic mass is 9.89. The zero-order valence-corrected chi connectivity index (χ0v) is 13.1. The van der Waals surface area contributed by atoms with Gasteiger partial charge in [-0.25, -0.2) is 12.7 Å². The highest BCUT2D eigenvalue weighted by Crippen LogP contribution is 2.25. The Bertz CT molecular complexity index is 607. The molecule has 0 aliphatic carbocycles. The summed E-state index contributed by atoms with van der Waals surface area (Å²) < 4.78 is 26.1. The van der Waals surface area contributed by atoms with Crippen LogP contribution >= 0.6 is 0 Å². The van der Waals surface area contributed by atoms with Crippen molar-refractivity contribution in [2.24, 2.45) is 5.41 Å². The molecule has 3 nitrogen and oxygen atoms in total. The molecule has 1 rings (SSSR count). The Hall–Kier alpha value is -1.73.